The van der Waals surface area contributed by atoms with E-state index in [2.05, 4.69) is 24.3 Å². The van der Waals surface area contributed by atoms with Crippen LogP contribution in [0.3, 0.4) is 0 Å². The molecule has 7 heteroatoms. The number of carbonyl (C=O) groups excluding carboxylic acids is 1. The summed E-state index contributed by atoms with van der Waals surface area (Å²) in [5.74, 6) is -0.661. The van der Waals surface area contributed by atoms with E-state index in [0.717, 1.165) is 42.6 Å². The summed E-state index contributed by atoms with van der Waals surface area (Å²) in [7, 11) is 1.93. The molecule has 2 heterocycles. The highest BCUT2D eigenvalue weighted by molar-refractivity contribution is 5.80. The molecule has 1 aromatic rings. The lowest BCUT2D eigenvalue weighted by Gasteiger charge is -2.23. The molecule has 7 nitrogen and oxygen atoms in total. The van der Waals surface area contributed by atoms with Crippen molar-refractivity contribution in [2.24, 2.45) is 18.4 Å². The molecule has 1 aliphatic carbocycles. The van der Waals surface area contributed by atoms with Crippen molar-refractivity contribution in [3.63, 3.8) is 0 Å². The summed E-state index contributed by atoms with van der Waals surface area (Å²) in [6.07, 6.45) is 4.22. The third-order valence-corrected chi connectivity index (χ3v) is 6.03. The van der Waals surface area contributed by atoms with Crippen molar-refractivity contribution >= 4 is 12.0 Å². The summed E-state index contributed by atoms with van der Waals surface area (Å²) < 4.78 is 1.89. The van der Waals surface area contributed by atoms with E-state index in [4.69, 9.17) is 0 Å². The smallest absolute Gasteiger partial charge is 0.317 e. The molecule has 2 N–H and O–H groups in total. The number of rotatable bonds is 5. The van der Waals surface area contributed by atoms with E-state index in [9.17, 15) is 14.7 Å². The lowest BCUT2D eigenvalue weighted by molar-refractivity contribution is -0.149. The first-order chi connectivity index (χ1) is 11.9. The van der Waals surface area contributed by atoms with Crippen molar-refractivity contribution in [3.8, 4) is 0 Å². The monoisotopic (exact) mass is 348 g/mol. The van der Waals surface area contributed by atoms with E-state index < -0.39 is 11.4 Å². The molecule has 3 rings (SSSR count). The second-order valence-electron chi connectivity index (χ2n) is 7.29. The number of nitrogens with zero attached hydrogens (tertiary/aromatic N) is 3. The summed E-state index contributed by atoms with van der Waals surface area (Å²) >= 11 is 0. The van der Waals surface area contributed by atoms with Crippen molar-refractivity contribution in [3.05, 3.63) is 17.0 Å². The van der Waals surface area contributed by atoms with Gasteiger partial charge in [0.15, 0.2) is 0 Å². The first kappa shape index (κ1) is 17.8. The molecule has 1 aromatic heterocycles. The van der Waals surface area contributed by atoms with Crippen LogP contribution in [0.15, 0.2) is 0 Å². The van der Waals surface area contributed by atoms with E-state index in [1.165, 1.54) is 0 Å². The normalized spacial score (nSPS) is 25.2. The predicted molar refractivity (Wildman–Crippen MR) is 93.2 cm³/mol. The summed E-state index contributed by atoms with van der Waals surface area (Å²) in [4.78, 5) is 26.1. The Kier molecular flexibility index (Phi) is 4.75. The van der Waals surface area contributed by atoms with Crippen LogP contribution in [0.4, 0.5) is 4.79 Å². The molecule has 2 aliphatic rings. The van der Waals surface area contributed by atoms with E-state index in [0.29, 0.717) is 26.1 Å². The Morgan fingerprint density at radius 1 is 1.36 bits per heavy atom. The number of carboxylic acids is 1. The zero-order valence-electron chi connectivity index (χ0n) is 15.3. The zero-order valence-corrected chi connectivity index (χ0v) is 15.3. The van der Waals surface area contributed by atoms with Crippen LogP contribution >= 0.6 is 0 Å². The van der Waals surface area contributed by atoms with Gasteiger partial charge in [-0.1, -0.05) is 20.3 Å². The number of amides is 2. The van der Waals surface area contributed by atoms with Gasteiger partial charge in [0.2, 0.25) is 0 Å². The van der Waals surface area contributed by atoms with Crippen molar-refractivity contribution in [1.82, 2.24) is 20.0 Å². The Bertz CT molecular complexity index is 684. The van der Waals surface area contributed by atoms with Crippen LogP contribution in [-0.2, 0) is 31.2 Å². The van der Waals surface area contributed by atoms with Crippen molar-refractivity contribution in [2.75, 3.05) is 13.1 Å². The van der Waals surface area contributed by atoms with Gasteiger partial charge >= 0.3 is 12.0 Å². The molecule has 0 unspecified atom stereocenters. The summed E-state index contributed by atoms with van der Waals surface area (Å²) in [5, 5.41) is 17.2. The van der Waals surface area contributed by atoms with Gasteiger partial charge in [-0.15, -0.1) is 0 Å². The number of aliphatic carboxylic acids is 1. The molecule has 1 saturated heterocycles. The van der Waals surface area contributed by atoms with Gasteiger partial charge in [0, 0.05) is 37.9 Å². The van der Waals surface area contributed by atoms with E-state index in [-0.39, 0.29) is 11.9 Å². The van der Waals surface area contributed by atoms with E-state index >= 15 is 0 Å². The highest BCUT2D eigenvalue weighted by atomic mass is 16.4. The predicted octanol–water partition coefficient (Wildman–Crippen LogP) is 1.94. The van der Waals surface area contributed by atoms with Gasteiger partial charge in [0.05, 0.1) is 11.1 Å². The van der Waals surface area contributed by atoms with Gasteiger partial charge in [-0.2, -0.15) is 5.10 Å². The number of likely N-dealkylation sites (tertiary alicyclic amines) is 1. The molecule has 0 spiro atoms. The number of carbonyl (C=O) groups is 2. The second-order valence-corrected chi connectivity index (χ2v) is 7.29. The average molecular weight is 348 g/mol. The third-order valence-electron chi connectivity index (χ3n) is 6.03. The minimum Gasteiger partial charge on any atom is -0.481 e. The fourth-order valence-corrected chi connectivity index (χ4v) is 4.66. The molecule has 2 atom stereocenters. The summed E-state index contributed by atoms with van der Waals surface area (Å²) in [6, 6.07) is -0.164. The molecule has 1 saturated carbocycles. The molecule has 2 fully saturated rings. The molecule has 0 bridgehead atoms. The van der Waals surface area contributed by atoms with Crippen LogP contribution in [0.25, 0.3) is 0 Å². The Hall–Kier alpha value is -2.05. The van der Waals surface area contributed by atoms with E-state index in [1.54, 1.807) is 4.90 Å². The van der Waals surface area contributed by atoms with Crippen LogP contribution in [-0.4, -0.2) is 44.9 Å². The summed E-state index contributed by atoms with van der Waals surface area (Å²) in [5.41, 5.74) is 2.51. The molecule has 1 aliphatic heterocycles. The molecule has 25 heavy (non-hydrogen) atoms. The zero-order chi connectivity index (χ0) is 18.2. The average Bonchev–Trinajstić information content (AvgIpc) is 3.22. The fraction of sp³-hybridized carbons (Fsp3) is 0.722. The minimum absolute atomic E-state index is 0.0894. The van der Waals surface area contributed by atoms with Gasteiger partial charge in [-0.05, 0) is 31.6 Å². The number of aromatic nitrogens is 2. The number of carboxylic acid groups (broad SMARTS) is 1. The van der Waals surface area contributed by atoms with Crippen LogP contribution in [0, 0.1) is 11.3 Å². The number of hydrogen-bond acceptors (Lipinski definition) is 3. The van der Waals surface area contributed by atoms with Gasteiger partial charge < -0.3 is 15.3 Å². The molecular formula is C18H28N4O3. The van der Waals surface area contributed by atoms with Gasteiger partial charge in [-0.25, -0.2) is 4.79 Å². The second kappa shape index (κ2) is 6.69. The van der Waals surface area contributed by atoms with Gasteiger partial charge in [0.25, 0.3) is 0 Å². The lowest BCUT2D eigenvalue weighted by Crippen LogP contribution is -2.41. The SMILES string of the molecule is CCc1nn(C)c(CC)c1CNC(=O)N1C[C@@H]2CCC[C@@]2(C(=O)O)C1. The highest BCUT2D eigenvalue weighted by Gasteiger charge is 2.55. The summed E-state index contributed by atoms with van der Waals surface area (Å²) in [6.45, 7) is 5.46. The van der Waals surface area contributed by atoms with Crippen LogP contribution < -0.4 is 5.32 Å². The molecule has 0 radical (unpaired) electrons. The maximum Gasteiger partial charge on any atom is 0.317 e. The Balaban J connectivity index is 1.68. The Labute approximate surface area is 148 Å². The first-order valence-electron chi connectivity index (χ1n) is 9.22. The van der Waals surface area contributed by atoms with Crippen LogP contribution in [0.5, 0.6) is 0 Å². The van der Waals surface area contributed by atoms with Gasteiger partial charge in [0.1, 0.15) is 0 Å². The van der Waals surface area contributed by atoms with Crippen molar-refractivity contribution in [1.29, 1.82) is 0 Å². The molecular weight excluding hydrogens is 320 g/mol. The van der Waals surface area contributed by atoms with Gasteiger partial charge in [-0.3, -0.25) is 9.48 Å². The minimum atomic E-state index is -0.751. The fourth-order valence-electron chi connectivity index (χ4n) is 4.66. The number of aryl methyl sites for hydroxylation is 2. The first-order valence-corrected chi connectivity index (χ1v) is 9.22. The van der Waals surface area contributed by atoms with Crippen molar-refractivity contribution in [2.45, 2.75) is 52.5 Å². The highest BCUT2D eigenvalue weighted by Crippen LogP contribution is 2.48. The number of nitrogens with one attached hydrogen (secondary N) is 1. The maximum atomic E-state index is 12.6. The third kappa shape index (κ3) is 2.89. The Morgan fingerprint density at radius 2 is 2.12 bits per heavy atom. The quantitative estimate of drug-likeness (QED) is 0.851. The van der Waals surface area contributed by atoms with Crippen LogP contribution in [0.1, 0.15) is 50.1 Å². The Morgan fingerprint density at radius 3 is 2.72 bits per heavy atom. The number of urea groups is 1. The largest absolute Gasteiger partial charge is 0.481 e. The number of fused-ring (bicyclic) bond motifs is 1. The maximum absolute atomic E-state index is 12.6. The molecule has 0 aromatic carbocycles. The topological polar surface area (TPSA) is 87.5 Å². The van der Waals surface area contributed by atoms with E-state index in [1.807, 2.05) is 11.7 Å². The lowest BCUT2D eigenvalue weighted by atomic mass is 9.81. The van der Waals surface area contributed by atoms with Crippen molar-refractivity contribution < 1.29 is 14.7 Å². The molecule has 2 amide bonds. The standard InChI is InChI=1S/C18H28N4O3/c1-4-14-13(15(5-2)21(3)20-14)9-19-17(25)22-10-12-7-6-8-18(12,11-22)16(23)24/h12H,4-11H2,1-3H3,(H,19,25)(H,23,24)/t12-,18+/m0/s1. The number of hydrogen-bond donors (Lipinski definition) is 2. The molecule has 138 valence electrons. The van der Waals surface area contributed by atoms with Crippen LogP contribution in [0.2, 0.25) is 0 Å².